The third-order valence-electron chi connectivity index (χ3n) is 4.68. The number of amides is 2. The summed E-state index contributed by atoms with van der Waals surface area (Å²) in [4.78, 5) is 14.7. The zero-order chi connectivity index (χ0) is 18.7. The van der Waals surface area contributed by atoms with E-state index in [9.17, 15) is 4.79 Å². The molecule has 3 rings (SSSR count). The third-order valence-corrected chi connectivity index (χ3v) is 4.99. The number of methoxy groups -OCH3 is 2. The Kier molecular flexibility index (Phi) is 5.57. The van der Waals surface area contributed by atoms with Crippen LogP contribution in [0, 0.1) is 6.92 Å². The second-order valence-electron chi connectivity index (χ2n) is 6.37. The molecular formula is C20H23ClN2O3. The van der Waals surface area contributed by atoms with Gasteiger partial charge in [0.05, 0.1) is 31.0 Å². The van der Waals surface area contributed by atoms with Gasteiger partial charge in [0.25, 0.3) is 0 Å². The Morgan fingerprint density at radius 1 is 1.19 bits per heavy atom. The Hall–Kier alpha value is -2.40. The largest absolute Gasteiger partial charge is 0.497 e. The van der Waals surface area contributed by atoms with E-state index in [0.29, 0.717) is 17.3 Å². The van der Waals surface area contributed by atoms with Crippen molar-refractivity contribution in [1.82, 2.24) is 4.90 Å². The third kappa shape index (κ3) is 3.73. The van der Waals surface area contributed by atoms with Gasteiger partial charge >= 0.3 is 6.03 Å². The quantitative estimate of drug-likeness (QED) is 0.816. The number of urea groups is 1. The monoisotopic (exact) mass is 374 g/mol. The zero-order valence-corrected chi connectivity index (χ0v) is 16.0. The molecule has 2 aromatic carbocycles. The molecule has 0 spiro atoms. The number of hydrogen-bond acceptors (Lipinski definition) is 3. The number of carbonyl (C=O) groups excluding carboxylic acids is 1. The van der Waals surface area contributed by atoms with E-state index in [2.05, 4.69) is 5.32 Å². The number of likely N-dealkylation sites (tertiary alicyclic amines) is 1. The first-order chi connectivity index (χ1) is 12.5. The van der Waals surface area contributed by atoms with Crippen LogP contribution in [0.25, 0.3) is 0 Å². The zero-order valence-electron chi connectivity index (χ0n) is 15.2. The van der Waals surface area contributed by atoms with E-state index in [4.69, 9.17) is 21.1 Å². The lowest BCUT2D eigenvalue weighted by atomic mass is 10.0. The standard InChI is InChI=1S/C20H23ClN2O3/c1-13-6-8-17(16(21)11-13)22-20(24)23-10-4-5-18(23)15-12-14(25-2)7-9-19(15)26-3/h6-9,11-12,18H,4-5,10H2,1-3H3,(H,22,24). The molecule has 1 aliphatic heterocycles. The summed E-state index contributed by atoms with van der Waals surface area (Å²) in [5.41, 5.74) is 2.62. The number of aryl methyl sites for hydroxylation is 1. The van der Waals surface area contributed by atoms with Gasteiger partial charge < -0.3 is 19.7 Å². The van der Waals surface area contributed by atoms with Gasteiger partial charge in [0, 0.05) is 12.1 Å². The van der Waals surface area contributed by atoms with Crippen LogP contribution >= 0.6 is 11.6 Å². The van der Waals surface area contributed by atoms with Crippen LogP contribution in [0.1, 0.15) is 30.0 Å². The minimum absolute atomic E-state index is 0.0655. The molecule has 0 aliphatic carbocycles. The first-order valence-corrected chi connectivity index (χ1v) is 8.97. The Balaban J connectivity index is 1.85. The molecule has 2 aromatic rings. The summed E-state index contributed by atoms with van der Waals surface area (Å²) in [5.74, 6) is 1.50. The van der Waals surface area contributed by atoms with E-state index < -0.39 is 0 Å². The molecule has 0 bridgehead atoms. The maximum atomic E-state index is 12.9. The van der Waals surface area contributed by atoms with Crippen molar-refractivity contribution in [3.05, 3.63) is 52.5 Å². The van der Waals surface area contributed by atoms with Gasteiger partial charge in [-0.1, -0.05) is 17.7 Å². The highest BCUT2D eigenvalue weighted by molar-refractivity contribution is 6.33. The van der Waals surface area contributed by atoms with Crippen LogP contribution in [0.4, 0.5) is 10.5 Å². The number of ether oxygens (including phenoxy) is 2. The lowest BCUT2D eigenvalue weighted by molar-refractivity contribution is 0.206. The fraction of sp³-hybridized carbons (Fsp3) is 0.350. The summed E-state index contributed by atoms with van der Waals surface area (Å²) in [6, 6.07) is 11.0. The highest BCUT2D eigenvalue weighted by atomic mass is 35.5. The summed E-state index contributed by atoms with van der Waals surface area (Å²) >= 11 is 6.25. The Labute approximate surface area is 158 Å². The van der Waals surface area contributed by atoms with E-state index >= 15 is 0 Å². The van der Waals surface area contributed by atoms with Crippen molar-refractivity contribution < 1.29 is 14.3 Å². The SMILES string of the molecule is COc1ccc(OC)c(C2CCCN2C(=O)Nc2ccc(C)cc2Cl)c1. The number of halogens is 1. The van der Waals surface area contributed by atoms with Gasteiger partial charge in [-0.15, -0.1) is 0 Å². The van der Waals surface area contributed by atoms with Crippen molar-refractivity contribution in [1.29, 1.82) is 0 Å². The van der Waals surface area contributed by atoms with Gasteiger partial charge in [-0.25, -0.2) is 4.79 Å². The molecule has 1 N–H and O–H groups in total. The lowest BCUT2D eigenvalue weighted by Crippen LogP contribution is -2.34. The molecule has 0 saturated carbocycles. The van der Waals surface area contributed by atoms with Gasteiger partial charge in [-0.3, -0.25) is 0 Å². The number of carbonyl (C=O) groups is 1. The molecular weight excluding hydrogens is 352 g/mol. The number of nitrogens with one attached hydrogen (secondary N) is 1. The van der Waals surface area contributed by atoms with Crippen LogP contribution in [0.15, 0.2) is 36.4 Å². The van der Waals surface area contributed by atoms with Gasteiger partial charge in [-0.2, -0.15) is 0 Å². The number of hydrogen-bond donors (Lipinski definition) is 1. The van der Waals surface area contributed by atoms with Crippen molar-refractivity contribution in [3.63, 3.8) is 0 Å². The van der Waals surface area contributed by atoms with Crippen LogP contribution < -0.4 is 14.8 Å². The first kappa shape index (κ1) is 18.4. The molecule has 26 heavy (non-hydrogen) atoms. The average molecular weight is 375 g/mol. The van der Waals surface area contributed by atoms with E-state index in [1.54, 1.807) is 14.2 Å². The summed E-state index contributed by atoms with van der Waals surface area (Å²) < 4.78 is 10.8. The van der Waals surface area contributed by atoms with Crippen LogP contribution in [0.5, 0.6) is 11.5 Å². The molecule has 1 saturated heterocycles. The number of rotatable bonds is 4. The predicted octanol–water partition coefficient (Wildman–Crippen LogP) is 5.03. The number of benzene rings is 2. The highest BCUT2D eigenvalue weighted by Gasteiger charge is 2.32. The molecule has 1 aliphatic rings. The van der Waals surface area contributed by atoms with Crippen molar-refractivity contribution >= 4 is 23.3 Å². The smallest absolute Gasteiger partial charge is 0.322 e. The van der Waals surface area contributed by atoms with Gasteiger partial charge in [0.2, 0.25) is 0 Å². The molecule has 2 amide bonds. The van der Waals surface area contributed by atoms with Gasteiger partial charge in [0.1, 0.15) is 11.5 Å². The van der Waals surface area contributed by atoms with Gasteiger partial charge in [0.15, 0.2) is 0 Å². The molecule has 138 valence electrons. The van der Waals surface area contributed by atoms with Crippen molar-refractivity contribution in [2.45, 2.75) is 25.8 Å². The summed E-state index contributed by atoms with van der Waals surface area (Å²) in [5, 5.41) is 3.46. The highest BCUT2D eigenvalue weighted by Crippen LogP contribution is 2.39. The van der Waals surface area contributed by atoms with E-state index in [1.165, 1.54) is 0 Å². The molecule has 0 radical (unpaired) electrons. The van der Waals surface area contributed by atoms with Crippen LogP contribution in [0.3, 0.4) is 0 Å². The molecule has 0 aromatic heterocycles. The second-order valence-corrected chi connectivity index (χ2v) is 6.78. The van der Waals surface area contributed by atoms with E-state index in [0.717, 1.165) is 35.5 Å². The van der Waals surface area contributed by atoms with E-state index in [1.807, 2.05) is 48.2 Å². The van der Waals surface area contributed by atoms with Crippen LogP contribution in [0.2, 0.25) is 5.02 Å². The molecule has 1 heterocycles. The minimum Gasteiger partial charge on any atom is -0.497 e. The van der Waals surface area contributed by atoms with Crippen molar-refractivity contribution in [2.24, 2.45) is 0 Å². The Bertz CT molecular complexity index is 810. The topological polar surface area (TPSA) is 50.8 Å². The summed E-state index contributed by atoms with van der Waals surface area (Å²) in [7, 11) is 3.26. The average Bonchev–Trinajstić information content (AvgIpc) is 3.13. The predicted molar refractivity (Wildman–Crippen MR) is 103 cm³/mol. The molecule has 5 nitrogen and oxygen atoms in total. The van der Waals surface area contributed by atoms with E-state index in [-0.39, 0.29) is 12.1 Å². The maximum absolute atomic E-state index is 12.9. The lowest BCUT2D eigenvalue weighted by Gasteiger charge is -2.27. The Morgan fingerprint density at radius 2 is 2.00 bits per heavy atom. The second kappa shape index (κ2) is 7.87. The molecule has 1 unspecified atom stereocenters. The summed E-state index contributed by atoms with van der Waals surface area (Å²) in [6.07, 6.45) is 1.80. The number of nitrogens with zero attached hydrogens (tertiary/aromatic N) is 1. The van der Waals surface area contributed by atoms with Crippen molar-refractivity contribution in [2.75, 3.05) is 26.1 Å². The molecule has 1 atom stereocenters. The van der Waals surface area contributed by atoms with Crippen LogP contribution in [-0.4, -0.2) is 31.7 Å². The van der Waals surface area contributed by atoms with Gasteiger partial charge in [-0.05, 0) is 55.7 Å². The first-order valence-electron chi connectivity index (χ1n) is 8.59. The Morgan fingerprint density at radius 3 is 2.69 bits per heavy atom. The fourth-order valence-corrected chi connectivity index (χ4v) is 3.62. The minimum atomic E-state index is -0.164. The molecule has 1 fully saturated rings. The normalized spacial score (nSPS) is 16.5. The van der Waals surface area contributed by atoms with Crippen molar-refractivity contribution in [3.8, 4) is 11.5 Å². The maximum Gasteiger partial charge on any atom is 0.322 e. The summed E-state index contributed by atoms with van der Waals surface area (Å²) in [6.45, 7) is 2.64. The molecule has 6 heteroatoms. The fourth-order valence-electron chi connectivity index (χ4n) is 3.34. The number of anilines is 1. The van der Waals surface area contributed by atoms with Crippen LogP contribution in [-0.2, 0) is 0 Å².